The molecule has 0 fully saturated rings. The van der Waals surface area contributed by atoms with Crippen molar-refractivity contribution in [2.45, 2.75) is 19.8 Å². The Morgan fingerprint density at radius 3 is 2.33 bits per heavy atom. The summed E-state index contributed by atoms with van der Waals surface area (Å²) in [6.07, 6.45) is 1.64. The summed E-state index contributed by atoms with van der Waals surface area (Å²) >= 11 is 0. The highest BCUT2D eigenvalue weighted by Gasteiger charge is 2.05. The first-order valence-electron chi connectivity index (χ1n) is 4.53. The fraction of sp³-hybridized carbons (Fsp3) is 0.889. The van der Waals surface area contributed by atoms with Gasteiger partial charge in [0.15, 0.2) is 0 Å². The second-order valence-corrected chi connectivity index (χ2v) is 4.07. The Hall–Kier alpha value is -0.570. The van der Waals surface area contributed by atoms with Gasteiger partial charge in [-0.3, -0.25) is 4.79 Å². The predicted octanol–water partition coefficient (Wildman–Crippen LogP) is 0.609. The van der Waals surface area contributed by atoms with Gasteiger partial charge < -0.3 is 9.80 Å². The van der Waals surface area contributed by atoms with Crippen LogP contribution in [0.25, 0.3) is 0 Å². The molecule has 0 spiro atoms. The fourth-order valence-electron chi connectivity index (χ4n) is 0.906. The Bertz CT molecular complexity index is 138. The van der Waals surface area contributed by atoms with Crippen molar-refractivity contribution < 1.29 is 9.28 Å². The SMILES string of the molecule is CCC(=O)NCCC[N+](C)(C)C. The highest BCUT2D eigenvalue weighted by atomic mass is 16.1. The standard InChI is InChI=1S/C9H20N2O/c1-5-9(12)10-7-6-8-11(2,3)4/h5-8H2,1-4H3/p+1. The van der Waals surface area contributed by atoms with E-state index in [9.17, 15) is 4.79 Å². The third-order valence-corrected chi connectivity index (χ3v) is 1.65. The van der Waals surface area contributed by atoms with Crippen LogP contribution in [0.2, 0.25) is 0 Å². The largest absolute Gasteiger partial charge is 0.356 e. The van der Waals surface area contributed by atoms with Crippen molar-refractivity contribution in [3.63, 3.8) is 0 Å². The van der Waals surface area contributed by atoms with Crippen LogP contribution in [0.15, 0.2) is 0 Å². The quantitative estimate of drug-likeness (QED) is 0.479. The molecule has 0 bridgehead atoms. The van der Waals surface area contributed by atoms with Crippen LogP contribution in [0, 0.1) is 0 Å². The molecule has 0 aliphatic heterocycles. The van der Waals surface area contributed by atoms with Gasteiger partial charge in [0.1, 0.15) is 0 Å². The normalized spacial score (nSPS) is 11.3. The lowest BCUT2D eigenvalue weighted by Crippen LogP contribution is -2.37. The molecule has 1 N–H and O–H groups in total. The molecular weight excluding hydrogens is 152 g/mol. The second kappa shape index (κ2) is 5.14. The molecule has 0 heterocycles. The predicted molar refractivity (Wildman–Crippen MR) is 50.8 cm³/mol. The average molecular weight is 173 g/mol. The number of nitrogens with one attached hydrogen (secondary N) is 1. The lowest BCUT2D eigenvalue weighted by molar-refractivity contribution is -0.870. The van der Waals surface area contributed by atoms with Gasteiger partial charge >= 0.3 is 0 Å². The Kier molecular flexibility index (Phi) is 4.90. The molecule has 0 unspecified atom stereocenters. The van der Waals surface area contributed by atoms with Crippen LogP contribution in [0.4, 0.5) is 0 Å². The maximum atomic E-state index is 10.8. The van der Waals surface area contributed by atoms with E-state index in [-0.39, 0.29) is 5.91 Å². The highest BCUT2D eigenvalue weighted by molar-refractivity contribution is 5.75. The van der Waals surface area contributed by atoms with Gasteiger partial charge in [0.2, 0.25) is 5.91 Å². The minimum absolute atomic E-state index is 0.149. The molecule has 0 aromatic rings. The van der Waals surface area contributed by atoms with E-state index >= 15 is 0 Å². The van der Waals surface area contributed by atoms with Gasteiger partial charge in [-0.05, 0) is 0 Å². The van der Waals surface area contributed by atoms with E-state index in [1.807, 2.05) is 6.92 Å². The van der Waals surface area contributed by atoms with Gasteiger partial charge in [-0.2, -0.15) is 0 Å². The molecule has 0 aromatic carbocycles. The van der Waals surface area contributed by atoms with Crippen LogP contribution in [-0.2, 0) is 4.79 Å². The summed E-state index contributed by atoms with van der Waals surface area (Å²) in [5, 5.41) is 2.86. The van der Waals surface area contributed by atoms with E-state index in [2.05, 4.69) is 26.5 Å². The second-order valence-electron chi connectivity index (χ2n) is 4.07. The molecule has 0 aliphatic carbocycles. The lowest BCUT2D eigenvalue weighted by Gasteiger charge is -2.23. The van der Waals surface area contributed by atoms with Crippen LogP contribution in [0.3, 0.4) is 0 Å². The van der Waals surface area contributed by atoms with E-state index in [1.54, 1.807) is 0 Å². The molecule has 0 aliphatic rings. The van der Waals surface area contributed by atoms with Crippen molar-refractivity contribution >= 4 is 5.91 Å². The molecule has 12 heavy (non-hydrogen) atoms. The number of hydrogen-bond acceptors (Lipinski definition) is 1. The van der Waals surface area contributed by atoms with Crippen LogP contribution < -0.4 is 5.32 Å². The van der Waals surface area contributed by atoms with E-state index in [0.717, 1.165) is 24.0 Å². The molecule has 3 heteroatoms. The number of carbonyl (C=O) groups excluding carboxylic acids is 1. The van der Waals surface area contributed by atoms with Crippen molar-refractivity contribution in [1.82, 2.24) is 5.32 Å². The minimum atomic E-state index is 0.149. The Balaban J connectivity index is 3.28. The molecule has 0 atom stereocenters. The zero-order valence-electron chi connectivity index (χ0n) is 8.68. The first-order valence-corrected chi connectivity index (χ1v) is 4.53. The number of amides is 1. The van der Waals surface area contributed by atoms with Gasteiger partial charge in [0.25, 0.3) is 0 Å². The summed E-state index contributed by atoms with van der Waals surface area (Å²) in [7, 11) is 6.46. The molecular formula is C9H21N2O+. The van der Waals surface area contributed by atoms with E-state index in [1.165, 1.54) is 0 Å². The van der Waals surface area contributed by atoms with Gasteiger partial charge in [-0.25, -0.2) is 0 Å². The smallest absolute Gasteiger partial charge is 0.219 e. The van der Waals surface area contributed by atoms with Crippen molar-refractivity contribution in [3.8, 4) is 0 Å². The molecule has 0 saturated heterocycles. The molecule has 3 nitrogen and oxygen atoms in total. The fourth-order valence-corrected chi connectivity index (χ4v) is 0.906. The maximum absolute atomic E-state index is 10.8. The summed E-state index contributed by atoms with van der Waals surface area (Å²) in [6, 6.07) is 0. The van der Waals surface area contributed by atoms with E-state index in [4.69, 9.17) is 0 Å². The average Bonchev–Trinajstić information content (AvgIpc) is 1.96. The maximum Gasteiger partial charge on any atom is 0.219 e. The molecule has 0 saturated carbocycles. The van der Waals surface area contributed by atoms with Gasteiger partial charge in [0, 0.05) is 19.4 Å². The Morgan fingerprint density at radius 2 is 1.92 bits per heavy atom. The molecule has 0 radical (unpaired) electrons. The number of quaternary nitrogens is 1. The van der Waals surface area contributed by atoms with Crippen LogP contribution in [0.1, 0.15) is 19.8 Å². The van der Waals surface area contributed by atoms with Gasteiger partial charge in [0.05, 0.1) is 27.7 Å². The summed E-state index contributed by atoms with van der Waals surface area (Å²) in [5.41, 5.74) is 0. The van der Waals surface area contributed by atoms with E-state index < -0.39 is 0 Å². The zero-order valence-corrected chi connectivity index (χ0v) is 8.68. The lowest BCUT2D eigenvalue weighted by atomic mass is 10.3. The topological polar surface area (TPSA) is 29.1 Å². The summed E-state index contributed by atoms with van der Waals surface area (Å²) < 4.78 is 0.960. The number of carbonyl (C=O) groups is 1. The summed E-state index contributed by atoms with van der Waals surface area (Å²) in [4.78, 5) is 10.8. The van der Waals surface area contributed by atoms with Crippen LogP contribution in [-0.4, -0.2) is 44.6 Å². The first kappa shape index (κ1) is 11.4. The molecule has 0 rings (SSSR count). The zero-order chi connectivity index (χ0) is 9.61. The molecule has 1 amide bonds. The van der Waals surface area contributed by atoms with Crippen molar-refractivity contribution in [3.05, 3.63) is 0 Å². The number of nitrogens with zero attached hydrogens (tertiary/aromatic N) is 1. The molecule has 0 aromatic heterocycles. The van der Waals surface area contributed by atoms with Crippen LogP contribution in [0.5, 0.6) is 0 Å². The summed E-state index contributed by atoms with van der Waals surface area (Å²) in [6.45, 7) is 3.78. The van der Waals surface area contributed by atoms with E-state index in [0.29, 0.717) is 6.42 Å². The minimum Gasteiger partial charge on any atom is -0.356 e. The number of hydrogen-bond donors (Lipinski definition) is 1. The molecule has 72 valence electrons. The monoisotopic (exact) mass is 173 g/mol. The van der Waals surface area contributed by atoms with Crippen molar-refractivity contribution in [2.24, 2.45) is 0 Å². The van der Waals surface area contributed by atoms with Gasteiger partial charge in [-0.1, -0.05) is 6.92 Å². The van der Waals surface area contributed by atoms with Crippen molar-refractivity contribution in [1.29, 1.82) is 0 Å². The highest BCUT2D eigenvalue weighted by Crippen LogP contribution is 1.91. The van der Waals surface area contributed by atoms with Crippen molar-refractivity contribution in [2.75, 3.05) is 34.2 Å². The first-order chi connectivity index (χ1) is 5.45. The third kappa shape index (κ3) is 7.54. The van der Waals surface area contributed by atoms with Crippen LogP contribution >= 0.6 is 0 Å². The Labute approximate surface area is 75.3 Å². The third-order valence-electron chi connectivity index (χ3n) is 1.65. The summed E-state index contributed by atoms with van der Waals surface area (Å²) in [5.74, 6) is 0.149. The number of rotatable bonds is 5. The Morgan fingerprint density at radius 1 is 1.33 bits per heavy atom. The van der Waals surface area contributed by atoms with Gasteiger partial charge in [-0.15, -0.1) is 0 Å².